The fraction of sp³-hybridized carbons (Fsp3) is 0.400. The third-order valence-corrected chi connectivity index (χ3v) is 4.58. The molecule has 2 rings (SSSR count). The number of anilines is 1. The van der Waals surface area contributed by atoms with Gasteiger partial charge in [-0.15, -0.1) is 0 Å². The highest BCUT2D eigenvalue weighted by molar-refractivity contribution is 7.92. The Morgan fingerprint density at radius 3 is 2.48 bits per heavy atom. The number of aromatic amines is 1. The first-order valence-electron chi connectivity index (χ1n) is 7.06. The summed E-state index contributed by atoms with van der Waals surface area (Å²) in [5.74, 6) is 0.978. The summed E-state index contributed by atoms with van der Waals surface area (Å²) in [7, 11) is -3.58. The number of benzene rings is 1. The van der Waals surface area contributed by atoms with Gasteiger partial charge in [0.2, 0.25) is 0 Å². The second-order valence-electron chi connectivity index (χ2n) is 5.47. The largest absolute Gasteiger partial charge is 0.264 e. The molecule has 0 aliphatic heterocycles. The lowest BCUT2D eigenvalue weighted by Gasteiger charge is -2.09. The van der Waals surface area contributed by atoms with Crippen molar-refractivity contribution in [1.82, 2.24) is 10.2 Å². The molecule has 0 bridgehead atoms. The minimum atomic E-state index is -3.58. The number of hydrogen-bond acceptors (Lipinski definition) is 3. The number of rotatable bonds is 6. The van der Waals surface area contributed by atoms with Crippen LogP contribution in [0.2, 0.25) is 0 Å². The molecule has 6 heteroatoms. The molecule has 2 aromatic rings. The maximum atomic E-state index is 12.3. The first-order chi connectivity index (χ1) is 9.92. The van der Waals surface area contributed by atoms with Gasteiger partial charge in [-0.05, 0) is 36.5 Å². The number of aryl methyl sites for hydroxylation is 1. The van der Waals surface area contributed by atoms with Crippen molar-refractivity contribution in [3.8, 4) is 0 Å². The van der Waals surface area contributed by atoms with E-state index < -0.39 is 10.0 Å². The number of nitrogens with one attached hydrogen (secondary N) is 2. The van der Waals surface area contributed by atoms with Crippen molar-refractivity contribution < 1.29 is 8.42 Å². The maximum absolute atomic E-state index is 12.3. The molecule has 5 nitrogen and oxygen atoms in total. The van der Waals surface area contributed by atoms with Gasteiger partial charge in [-0.1, -0.05) is 32.9 Å². The SMILES string of the molecule is CCc1cn[nH]c1NS(=O)(=O)c1ccc(CC(C)C)cc1. The second-order valence-corrected chi connectivity index (χ2v) is 7.15. The zero-order chi connectivity index (χ0) is 15.5. The van der Waals surface area contributed by atoms with Crippen LogP contribution in [-0.4, -0.2) is 18.6 Å². The summed E-state index contributed by atoms with van der Waals surface area (Å²) in [6.07, 6.45) is 3.28. The molecular formula is C15H21N3O2S. The van der Waals surface area contributed by atoms with Gasteiger partial charge in [-0.25, -0.2) is 8.42 Å². The zero-order valence-electron chi connectivity index (χ0n) is 12.6. The van der Waals surface area contributed by atoms with Crippen LogP contribution in [0.4, 0.5) is 5.82 Å². The molecule has 114 valence electrons. The Morgan fingerprint density at radius 1 is 1.24 bits per heavy atom. The van der Waals surface area contributed by atoms with Crippen molar-refractivity contribution in [3.05, 3.63) is 41.6 Å². The topological polar surface area (TPSA) is 74.8 Å². The third kappa shape index (κ3) is 3.85. The van der Waals surface area contributed by atoms with Gasteiger partial charge < -0.3 is 0 Å². The molecular weight excluding hydrogens is 286 g/mol. The summed E-state index contributed by atoms with van der Waals surface area (Å²) in [5.41, 5.74) is 1.98. The fourth-order valence-electron chi connectivity index (χ4n) is 2.14. The lowest BCUT2D eigenvalue weighted by atomic mass is 10.0. The summed E-state index contributed by atoms with van der Waals surface area (Å²) in [4.78, 5) is 0.256. The Kier molecular flexibility index (Phi) is 4.67. The molecule has 0 radical (unpaired) electrons. The molecule has 0 aliphatic carbocycles. The van der Waals surface area contributed by atoms with Crippen LogP contribution in [0.5, 0.6) is 0 Å². The van der Waals surface area contributed by atoms with Gasteiger partial charge >= 0.3 is 0 Å². The quantitative estimate of drug-likeness (QED) is 0.861. The van der Waals surface area contributed by atoms with Crippen molar-refractivity contribution in [2.24, 2.45) is 5.92 Å². The van der Waals surface area contributed by atoms with E-state index in [0.717, 1.165) is 17.5 Å². The molecule has 0 unspecified atom stereocenters. The molecule has 0 saturated carbocycles. The first kappa shape index (κ1) is 15.6. The molecule has 0 saturated heterocycles. The van der Waals surface area contributed by atoms with Crippen molar-refractivity contribution in [2.45, 2.75) is 38.5 Å². The zero-order valence-corrected chi connectivity index (χ0v) is 13.4. The van der Waals surface area contributed by atoms with Crippen LogP contribution in [-0.2, 0) is 22.9 Å². The Balaban J connectivity index is 2.19. The minimum Gasteiger partial charge on any atom is -0.264 e. The highest BCUT2D eigenvalue weighted by Crippen LogP contribution is 2.19. The summed E-state index contributed by atoms with van der Waals surface area (Å²) in [6.45, 7) is 6.22. The predicted octanol–water partition coefficient (Wildman–Crippen LogP) is 2.97. The van der Waals surface area contributed by atoms with Crippen LogP contribution in [0.3, 0.4) is 0 Å². The second kappa shape index (κ2) is 6.30. The van der Waals surface area contributed by atoms with E-state index in [1.165, 1.54) is 0 Å². The van der Waals surface area contributed by atoms with Crippen molar-refractivity contribution in [1.29, 1.82) is 0 Å². The molecule has 1 aromatic heterocycles. The molecule has 0 amide bonds. The highest BCUT2D eigenvalue weighted by atomic mass is 32.2. The number of H-pyrrole nitrogens is 1. The van der Waals surface area contributed by atoms with E-state index in [0.29, 0.717) is 18.2 Å². The lowest BCUT2D eigenvalue weighted by molar-refractivity contribution is 0.600. The maximum Gasteiger partial charge on any atom is 0.263 e. The number of sulfonamides is 1. The molecule has 0 spiro atoms. The van der Waals surface area contributed by atoms with Crippen LogP contribution >= 0.6 is 0 Å². The van der Waals surface area contributed by atoms with Gasteiger partial charge in [0.05, 0.1) is 11.1 Å². The van der Waals surface area contributed by atoms with Gasteiger partial charge in [0.25, 0.3) is 10.0 Å². The number of hydrogen-bond donors (Lipinski definition) is 2. The Bertz CT molecular complexity index is 688. The van der Waals surface area contributed by atoms with E-state index in [4.69, 9.17) is 0 Å². The average Bonchev–Trinajstić information content (AvgIpc) is 2.85. The van der Waals surface area contributed by atoms with Gasteiger partial charge in [-0.3, -0.25) is 9.82 Å². The molecule has 0 aliphatic rings. The van der Waals surface area contributed by atoms with E-state index in [1.807, 2.05) is 19.1 Å². The molecule has 0 fully saturated rings. The van der Waals surface area contributed by atoms with E-state index in [2.05, 4.69) is 28.8 Å². The predicted molar refractivity (Wildman–Crippen MR) is 83.8 cm³/mol. The first-order valence-corrected chi connectivity index (χ1v) is 8.54. The van der Waals surface area contributed by atoms with E-state index >= 15 is 0 Å². The monoisotopic (exact) mass is 307 g/mol. The molecule has 2 N–H and O–H groups in total. The van der Waals surface area contributed by atoms with Crippen LogP contribution in [0.15, 0.2) is 35.4 Å². The van der Waals surface area contributed by atoms with E-state index in [9.17, 15) is 8.42 Å². The van der Waals surface area contributed by atoms with Gasteiger partial charge in [0.1, 0.15) is 5.82 Å². The summed E-state index contributed by atoms with van der Waals surface area (Å²) in [6, 6.07) is 7.01. The fourth-order valence-corrected chi connectivity index (χ4v) is 3.19. The van der Waals surface area contributed by atoms with Gasteiger partial charge in [0.15, 0.2) is 0 Å². The smallest absolute Gasteiger partial charge is 0.263 e. The van der Waals surface area contributed by atoms with Crippen molar-refractivity contribution in [2.75, 3.05) is 4.72 Å². The van der Waals surface area contributed by atoms with E-state index in [-0.39, 0.29) is 4.90 Å². The molecule has 21 heavy (non-hydrogen) atoms. The normalized spacial score (nSPS) is 11.8. The number of aromatic nitrogens is 2. The van der Waals surface area contributed by atoms with E-state index in [1.54, 1.807) is 18.3 Å². The van der Waals surface area contributed by atoms with Gasteiger partial charge in [-0.2, -0.15) is 5.10 Å². The standard InChI is InChI=1S/C15H21N3O2S/c1-4-13-10-16-17-15(13)18-21(19,20)14-7-5-12(6-8-14)9-11(2)3/h5-8,10-11H,4,9H2,1-3H3,(H2,16,17,18). The molecule has 0 atom stereocenters. The van der Waals surface area contributed by atoms with Gasteiger partial charge in [0, 0.05) is 5.56 Å². The van der Waals surface area contributed by atoms with Crippen LogP contribution in [0.25, 0.3) is 0 Å². The van der Waals surface area contributed by atoms with Crippen LogP contribution in [0, 0.1) is 5.92 Å². The summed E-state index contributed by atoms with van der Waals surface area (Å²) >= 11 is 0. The summed E-state index contributed by atoms with van der Waals surface area (Å²) < 4.78 is 27.2. The highest BCUT2D eigenvalue weighted by Gasteiger charge is 2.16. The molecule has 1 aromatic carbocycles. The van der Waals surface area contributed by atoms with Crippen molar-refractivity contribution in [3.63, 3.8) is 0 Å². The number of nitrogens with zero attached hydrogens (tertiary/aromatic N) is 1. The Morgan fingerprint density at radius 2 is 1.90 bits per heavy atom. The third-order valence-electron chi connectivity index (χ3n) is 3.21. The van der Waals surface area contributed by atoms with Crippen molar-refractivity contribution >= 4 is 15.8 Å². The Hall–Kier alpha value is -1.82. The minimum absolute atomic E-state index is 0.256. The van der Waals surface area contributed by atoms with Crippen LogP contribution < -0.4 is 4.72 Å². The molecule has 1 heterocycles. The average molecular weight is 307 g/mol. The Labute approximate surface area is 125 Å². The lowest BCUT2D eigenvalue weighted by Crippen LogP contribution is -2.14. The summed E-state index contributed by atoms with van der Waals surface area (Å²) in [5, 5.41) is 6.55. The van der Waals surface area contributed by atoms with Crippen LogP contribution in [0.1, 0.15) is 31.9 Å².